The van der Waals surface area contributed by atoms with Crippen LogP contribution in [0.1, 0.15) is 32.3 Å². The van der Waals surface area contributed by atoms with Gasteiger partial charge in [-0.2, -0.15) is 0 Å². The van der Waals surface area contributed by atoms with E-state index in [1.165, 1.54) is 11.8 Å². The molecule has 30 heavy (non-hydrogen) atoms. The van der Waals surface area contributed by atoms with Gasteiger partial charge in [0, 0.05) is 18.2 Å². The lowest BCUT2D eigenvalue weighted by Gasteiger charge is -2.26. The number of benzene rings is 1. The molecule has 1 aromatic rings. The molecule has 164 valence electrons. The highest BCUT2D eigenvalue weighted by Gasteiger charge is 2.40. The Morgan fingerprint density at radius 2 is 1.97 bits per heavy atom. The Kier molecular flexibility index (Phi) is 9.16. The number of hydrogen-bond acceptors (Lipinski definition) is 6. The number of nitrogens with one attached hydrogen (secondary N) is 1. The monoisotopic (exact) mass is 436 g/mol. The van der Waals surface area contributed by atoms with Gasteiger partial charge in [0.2, 0.25) is 5.91 Å². The fourth-order valence-corrected chi connectivity index (χ4v) is 4.04. The van der Waals surface area contributed by atoms with Gasteiger partial charge in [0.1, 0.15) is 12.6 Å². The zero-order chi connectivity index (χ0) is 22.1. The maximum atomic E-state index is 12.8. The number of thioether (sulfide) groups is 1. The minimum atomic E-state index is -0.917. The number of carboxylic acids is 1. The van der Waals surface area contributed by atoms with E-state index in [2.05, 4.69) is 5.32 Å². The van der Waals surface area contributed by atoms with Gasteiger partial charge in [0.05, 0.1) is 12.3 Å². The third-order valence-corrected chi connectivity index (χ3v) is 5.62. The first-order chi connectivity index (χ1) is 14.3. The fourth-order valence-electron chi connectivity index (χ4n) is 3.24. The average Bonchev–Trinajstić information content (AvgIpc) is 3.08. The molecule has 0 aliphatic carbocycles. The predicted molar refractivity (Wildman–Crippen MR) is 113 cm³/mol. The number of rotatable bonds is 10. The number of Topliss-reactive ketones (excluding diaryl/α,β-unsaturated/α-hetero) is 1. The third-order valence-electron chi connectivity index (χ3n) is 4.53. The number of hydrogen-bond donors (Lipinski definition) is 2. The summed E-state index contributed by atoms with van der Waals surface area (Å²) in [4.78, 5) is 49.2. The lowest BCUT2D eigenvalue weighted by Crippen LogP contribution is -2.49. The molecule has 0 spiro atoms. The molecule has 2 atom stereocenters. The van der Waals surface area contributed by atoms with Gasteiger partial charge in [-0.05, 0) is 17.9 Å². The van der Waals surface area contributed by atoms with Crippen LogP contribution in [0.3, 0.4) is 0 Å². The van der Waals surface area contributed by atoms with Gasteiger partial charge in [-0.15, -0.1) is 11.8 Å². The summed E-state index contributed by atoms with van der Waals surface area (Å²) in [6, 6.07) is 7.98. The van der Waals surface area contributed by atoms with Gasteiger partial charge in [-0.25, -0.2) is 4.79 Å². The molecule has 1 saturated heterocycles. The number of ether oxygens (including phenoxy) is 1. The van der Waals surface area contributed by atoms with Crippen molar-refractivity contribution in [3.8, 4) is 0 Å². The molecule has 2 rings (SSSR count). The molecule has 0 saturated carbocycles. The molecule has 2 N–H and O–H groups in total. The summed E-state index contributed by atoms with van der Waals surface area (Å²) in [7, 11) is 0. The highest BCUT2D eigenvalue weighted by atomic mass is 32.2. The standard InChI is InChI=1S/C21H28N2O6S/c1-14(2)8-16(12-30-13-19(25)26)22-20(27)18-9-17(24)10-23(18)21(28)29-11-15-6-4-3-5-7-15/h3-7,14,16,18H,8-13H2,1-2H3,(H,22,27)(H,25,26)/t16-,18+/m0/s1. The van der Waals surface area contributed by atoms with Crippen molar-refractivity contribution in [2.75, 3.05) is 18.1 Å². The van der Waals surface area contributed by atoms with E-state index in [-0.39, 0.29) is 43.1 Å². The Labute approximate surface area is 180 Å². The number of aliphatic carboxylic acids is 1. The largest absolute Gasteiger partial charge is 0.481 e. The first kappa shape index (κ1) is 23.7. The molecule has 0 radical (unpaired) electrons. The summed E-state index contributed by atoms with van der Waals surface area (Å²) in [5, 5.41) is 11.7. The summed E-state index contributed by atoms with van der Waals surface area (Å²) >= 11 is 1.22. The van der Waals surface area contributed by atoms with Gasteiger partial charge >= 0.3 is 12.1 Å². The highest BCUT2D eigenvalue weighted by Crippen LogP contribution is 2.18. The Morgan fingerprint density at radius 1 is 1.27 bits per heavy atom. The number of amides is 2. The van der Waals surface area contributed by atoms with Crippen molar-refractivity contribution in [2.24, 2.45) is 5.92 Å². The smallest absolute Gasteiger partial charge is 0.411 e. The van der Waals surface area contributed by atoms with Gasteiger partial charge in [0.25, 0.3) is 0 Å². The molecular formula is C21H28N2O6S. The van der Waals surface area contributed by atoms with Gasteiger partial charge < -0.3 is 15.2 Å². The summed E-state index contributed by atoms with van der Waals surface area (Å²) in [5.41, 5.74) is 0.810. The molecule has 1 aliphatic rings. The van der Waals surface area contributed by atoms with Crippen LogP contribution in [-0.2, 0) is 25.7 Å². The Bertz CT molecular complexity index is 755. The average molecular weight is 437 g/mol. The summed E-state index contributed by atoms with van der Waals surface area (Å²) in [6.45, 7) is 3.91. The van der Waals surface area contributed by atoms with Crippen LogP contribution in [0.15, 0.2) is 30.3 Å². The Balaban J connectivity index is 1.96. The summed E-state index contributed by atoms with van der Waals surface area (Å²) in [5.74, 6) is -0.854. The number of carbonyl (C=O) groups excluding carboxylic acids is 3. The van der Waals surface area contributed by atoms with Crippen LogP contribution >= 0.6 is 11.8 Å². The Hall–Kier alpha value is -2.55. The number of likely N-dealkylation sites (tertiary alicyclic amines) is 1. The maximum Gasteiger partial charge on any atom is 0.411 e. The minimum Gasteiger partial charge on any atom is -0.481 e. The molecule has 2 amide bonds. The molecule has 0 bridgehead atoms. The topological polar surface area (TPSA) is 113 Å². The zero-order valence-electron chi connectivity index (χ0n) is 17.2. The van der Waals surface area contributed by atoms with Crippen molar-refractivity contribution in [3.63, 3.8) is 0 Å². The van der Waals surface area contributed by atoms with E-state index in [1.54, 1.807) is 0 Å². The number of nitrogens with zero attached hydrogens (tertiary/aromatic N) is 1. The van der Waals surface area contributed by atoms with E-state index in [1.807, 2.05) is 44.2 Å². The van der Waals surface area contributed by atoms with Crippen LogP contribution in [0.2, 0.25) is 0 Å². The second-order valence-corrected chi connectivity index (χ2v) is 8.70. The van der Waals surface area contributed by atoms with E-state index in [4.69, 9.17) is 9.84 Å². The number of carboxylic acid groups (broad SMARTS) is 1. The van der Waals surface area contributed by atoms with Crippen molar-refractivity contribution in [2.45, 2.75) is 45.4 Å². The van der Waals surface area contributed by atoms with Gasteiger partial charge in [0.15, 0.2) is 5.78 Å². The van der Waals surface area contributed by atoms with Crippen LogP contribution in [0.4, 0.5) is 4.79 Å². The van der Waals surface area contributed by atoms with E-state index >= 15 is 0 Å². The minimum absolute atomic E-state index is 0.0513. The highest BCUT2D eigenvalue weighted by molar-refractivity contribution is 7.99. The molecule has 1 aromatic carbocycles. The van der Waals surface area contributed by atoms with E-state index in [0.717, 1.165) is 10.5 Å². The number of carbonyl (C=O) groups is 4. The van der Waals surface area contributed by atoms with Crippen LogP contribution in [0, 0.1) is 5.92 Å². The van der Waals surface area contributed by atoms with E-state index in [9.17, 15) is 19.2 Å². The molecule has 1 fully saturated rings. The second-order valence-electron chi connectivity index (χ2n) is 7.67. The maximum absolute atomic E-state index is 12.8. The molecular weight excluding hydrogens is 408 g/mol. The summed E-state index contributed by atoms with van der Waals surface area (Å²) in [6.07, 6.45) is -0.0917. The lowest BCUT2D eigenvalue weighted by molar-refractivity contribution is -0.134. The lowest BCUT2D eigenvalue weighted by atomic mass is 10.0. The first-order valence-corrected chi connectivity index (χ1v) is 11.0. The van der Waals surface area contributed by atoms with Gasteiger partial charge in [-0.3, -0.25) is 19.3 Å². The van der Waals surface area contributed by atoms with E-state index in [0.29, 0.717) is 12.2 Å². The van der Waals surface area contributed by atoms with Crippen LogP contribution < -0.4 is 5.32 Å². The van der Waals surface area contributed by atoms with E-state index < -0.39 is 24.0 Å². The van der Waals surface area contributed by atoms with Crippen LogP contribution in [0.25, 0.3) is 0 Å². The first-order valence-electron chi connectivity index (χ1n) is 9.85. The van der Waals surface area contributed by atoms with Crippen molar-refractivity contribution in [1.29, 1.82) is 0 Å². The third kappa shape index (κ3) is 7.70. The molecule has 8 nitrogen and oxygen atoms in total. The van der Waals surface area contributed by atoms with Gasteiger partial charge in [-0.1, -0.05) is 44.2 Å². The van der Waals surface area contributed by atoms with Crippen LogP contribution in [-0.4, -0.2) is 63.9 Å². The molecule has 9 heteroatoms. The van der Waals surface area contributed by atoms with Crippen molar-refractivity contribution in [1.82, 2.24) is 10.2 Å². The van der Waals surface area contributed by atoms with Crippen molar-refractivity contribution < 1.29 is 29.0 Å². The fraction of sp³-hybridized carbons (Fsp3) is 0.524. The summed E-state index contributed by atoms with van der Waals surface area (Å²) < 4.78 is 5.29. The molecule has 1 heterocycles. The second kappa shape index (κ2) is 11.6. The predicted octanol–water partition coefficient (Wildman–Crippen LogP) is 2.32. The zero-order valence-corrected chi connectivity index (χ0v) is 18.0. The quantitative estimate of drug-likeness (QED) is 0.579. The molecule has 0 aromatic heterocycles. The molecule has 0 unspecified atom stereocenters. The number of ketones is 1. The van der Waals surface area contributed by atoms with Crippen LogP contribution in [0.5, 0.6) is 0 Å². The normalized spacial score (nSPS) is 17.1. The van der Waals surface area contributed by atoms with Crippen molar-refractivity contribution in [3.05, 3.63) is 35.9 Å². The van der Waals surface area contributed by atoms with Crippen molar-refractivity contribution >= 4 is 35.5 Å². The Morgan fingerprint density at radius 3 is 2.60 bits per heavy atom. The molecule has 1 aliphatic heterocycles. The SMILES string of the molecule is CC(C)C[C@@H](CSCC(=O)O)NC(=O)[C@H]1CC(=O)CN1C(=O)OCc1ccccc1.